The lowest BCUT2D eigenvalue weighted by Gasteiger charge is -2.20. The summed E-state index contributed by atoms with van der Waals surface area (Å²) < 4.78 is 0. The van der Waals surface area contributed by atoms with Gasteiger partial charge in [0.15, 0.2) is 0 Å². The van der Waals surface area contributed by atoms with Crippen molar-refractivity contribution in [2.24, 2.45) is 0 Å². The summed E-state index contributed by atoms with van der Waals surface area (Å²) >= 11 is 0. The van der Waals surface area contributed by atoms with Gasteiger partial charge >= 0.3 is 0 Å². The summed E-state index contributed by atoms with van der Waals surface area (Å²) in [6, 6.07) is 0. The minimum absolute atomic E-state index is 0.345. The first-order chi connectivity index (χ1) is 6.90. The zero-order valence-corrected chi connectivity index (χ0v) is 9.72. The van der Waals surface area contributed by atoms with Crippen LogP contribution in [0.1, 0.15) is 46.5 Å². The van der Waals surface area contributed by atoms with Crippen molar-refractivity contribution in [3.63, 3.8) is 0 Å². The van der Waals surface area contributed by atoms with Crippen molar-refractivity contribution < 1.29 is 9.59 Å². The molecule has 0 heterocycles. The normalized spacial score (nSPS) is 16.9. The molecule has 0 radical (unpaired) electrons. The van der Waals surface area contributed by atoms with Crippen molar-refractivity contribution in [1.82, 2.24) is 5.32 Å². The Morgan fingerprint density at radius 2 is 1.93 bits per heavy atom. The first-order valence-electron chi connectivity index (χ1n) is 5.46. The van der Waals surface area contributed by atoms with Crippen molar-refractivity contribution in [3.8, 4) is 0 Å². The molecule has 1 rings (SSSR count). The van der Waals surface area contributed by atoms with E-state index in [2.05, 4.69) is 5.32 Å². The summed E-state index contributed by atoms with van der Waals surface area (Å²) in [5.74, 6) is -0.833. The number of rotatable bonds is 2. The standard InChI is InChI=1S/C12H19NO2/c1-12(2,3)13-11(15)10(14)9-7-5-4-6-8-9/h7H,4-6,8H2,1-3H3,(H,13,15). The summed E-state index contributed by atoms with van der Waals surface area (Å²) in [6.07, 6.45) is 5.70. The predicted octanol–water partition coefficient (Wildman–Crippen LogP) is 1.97. The average molecular weight is 209 g/mol. The Hall–Kier alpha value is -1.12. The fourth-order valence-corrected chi connectivity index (χ4v) is 1.59. The van der Waals surface area contributed by atoms with Crippen LogP contribution in [-0.4, -0.2) is 17.2 Å². The van der Waals surface area contributed by atoms with Crippen molar-refractivity contribution in [2.45, 2.75) is 52.0 Å². The van der Waals surface area contributed by atoms with Crippen LogP contribution in [0.5, 0.6) is 0 Å². The molecule has 0 saturated heterocycles. The van der Waals surface area contributed by atoms with E-state index in [4.69, 9.17) is 0 Å². The third kappa shape index (κ3) is 3.86. The lowest BCUT2D eigenvalue weighted by Crippen LogP contribution is -2.44. The van der Waals surface area contributed by atoms with Crippen LogP contribution in [0.2, 0.25) is 0 Å². The molecular formula is C12H19NO2. The summed E-state index contributed by atoms with van der Waals surface area (Å²) in [5, 5.41) is 2.69. The lowest BCUT2D eigenvalue weighted by molar-refractivity contribution is -0.136. The Bertz CT molecular complexity index is 297. The van der Waals surface area contributed by atoms with Crippen molar-refractivity contribution in [1.29, 1.82) is 0 Å². The number of hydrogen-bond donors (Lipinski definition) is 1. The van der Waals surface area contributed by atoms with Crippen LogP contribution in [-0.2, 0) is 9.59 Å². The van der Waals surface area contributed by atoms with E-state index in [-0.39, 0.29) is 11.3 Å². The van der Waals surface area contributed by atoms with E-state index < -0.39 is 5.91 Å². The molecule has 84 valence electrons. The van der Waals surface area contributed by atoms with Gasteiger partial charge in [-0.2, -0.15) is 0 Å². The van der Waals surface area contributed by atoms with E-state index >= 15 is 0 Å². The third-order valence-electron chi connectivity index (χ3n) is 2.28. The first-order valence-corrected chi connectivity index (χ1v) is 5.46. The van der Waals surface area contributed by atoms with Crippen molar-refractivity contribution in [3.05, 3.63) is 11.6 Å². The van der Waals surface area contributed by atoms with Crippen LogP contribution in [0.25, 0.3) is 0 Å². The van der Waals surface area contributed by atoms with Gasteiger partial charge in [-0.05, 0) is 46.5 Å². The highest BCUT2D eigenvalue weighted by Crippen LogP contribution is 2.18. The monoisotopic (exact) mass is 209 g/mol. The van der Waals surface area contributed by atoms with E-state index in [9.17, 15) is 9.59 Å². The second-order valence-corrected chi connectivity index (χ2v) is 5.01. The molecule has 0 aliphatic heterocycles. The molecule has 1 aliphatic rings. The highest BCUT2D eigenvalue weighted by molar-refractivity contribution is 6.42. The van der Waals surface area contributed by atoms with Crippen LogP contribution in [0.3, 0.4) is 0 Å². The molecule has 15 heavy (non-hydrogen) atoms. The maximum atomic E-state index is 11.7. The molecule has 0 bridgehead atoms. The molecule has 0 aromatic carbocycles. The molecule has 3 nitrogen and oxygen atoms in total. The smallest absolute Gasteiger partial charge is 0.292 e. The van der Waals surface area contributed by atoms with Crippen molar-refractivity contribution in [2.75, 3.05) is 0 Å². The maximum Gasteiger partial charge on any atom is 0.292 e. The molecule has 0 spiro atoms. The van der Waals surface area contributed by atoms with Crippen LogP contribution >= 0.6 is 0 Å². The highest BCUT2D eigenvalue weighted by Gasteiger charge is 2.23. The predicted molar refractivity (Wildman–Crippen MR) is 59.5 cm³/mol. The zero-order valence-electron chi connectivity index (χ0n) is 9.72. The first kappa shape index (κ1) is 12.0. The summed E-state index contributed by atoms with van der Waals surface area (Å²) in [5.41, 5.74) is 0.338. The Balaban J connectivity index is 2.60. The van der Waals surface area contributed by atoms with Gasteiger partial charge in [0.25, 0.3) is 5.91 Å². The Kier molecular flexibility index (Phi) is 3.66. The molecule has 0 aromatic rings. The quantitative estimate of drug-likeness (QED) is 0.707. The van der Waals surface area contributed by atoms with Crippen LogP contribution in [0.15, 0.2) is 11.6 Å². The van der Waals surface area contributed by atoms with E-state index in [1.165, 1.54) is 0 Å². The molecule has 0 unspecified atom stereocenters. The summed E-state index contributed by atoms with van der Waals surface area (Å²) in [7, 11) is 0. The van der Waals surface area contributed by atoms with Crippen LogP contribution < -0.4 is 5.32 Å². The summed E-state index contributed by atoms with van der Waals surface area (Å²) in [6.45, 7) is 5.61. The van der Waals surface area contributed by atoms with Gasteiger partial charge in [0, 0.05) is 11.1 Å². The molecule has 1 N–H and O–H groups in total. The van der Waals surface area contributed by atoms with E-state index in [0.29, 0.717) is 5.57 Å². The number of ketones is 1. The second-order valence-electron chi connectivity index (χ2n) is 5.01. The van der Waals surface area contributed by atoms with Gasteiger partial charge in [0.2, 0.25) is 5.78 Å². The number of allylic oxidation sites excluding steroid dienone is 1. The van der Waals surface area contributed by atoms with Gasteiger partial charge in [0.1, 0.15) is 0 Å². The van der Waals surface area contributed by atoms with Gasteiger partial charge in [-0.3, -0.25) is 9.59 Å². The molecule has 0 fully saturated rings. The third-order valence-corrected chi connectivity index (χ3v) is 2.28. The molecule has 1 aliphatic carbocycles. The molecular weight excluding hydrogens is 190 g/mol. The van der Waals surface area contributed by atoms with E-state index in [1.54, 1.807) is 0 Å². The average Bonchev–Trinajstić information content (AvgIpc) is 2.15. The van der Waals surface area contributed by atoms with Gasteiger partial charge in [-0.1, -0.05) is 6.08 Å². The molecule has 0 saturated carbocycles. The lowest BCUT2D eigenvalue weighted by atomic mass is 9.95. The number of Topliss-reactive ketones (excluding diaryl/α,β-unsaturated/α-hetero) is 1. The highest BCUT2D eigenvalue weighted by atomic mass is 16.2. The topological polar surface area (TPSA) is 46.2 Å². The van der Waals surface area contributed by atoms with Crippen LogP contribution in [0.4, 0.5) is 0 Å². The van der Waals surface area contributed by atoms with Gasteiger partial charge in [0.05, 0.1) is 0 Å². The molecule has 0 aromatic heterocycles. The number of carbonyl (C=O) groups excluding carboxylic acids is 2. The minimum Gasteiger partial charge on any atom is -0.345 e. The molecule has 0 atom stereocenters. The van der Waals surface area contributed by atoms with Crippen LogP contribution in [0, 0.1) is 0 Å². The van der Waals surface area contributed by atoms with Gasteiger partial charge < -0.3 is 5.32 Å². The van der Waals surface area contributed by atoms with E-state index in [0.717, 1.165) is 25.7 Å². The van der Waals surface area contributed by atoms with Gasteiger partial charge in [-0.25, -0.2) is 0 Å². The van der Waals surface area contributed by atoms with E-state index in [1.807, 2.05) is 26.8 Å². The largest absolute Gasteiger partial charge is 0.345 e. The molecule has 3 heteroatoms. The second kappa shape index (κ2) is 4.60. The molecule has 1 amide bonds. The Morgan fingerprint density at radius 1 is 1.27 bits per heavy atom. The number of amides is 1. The fourth-order valence-electron chi connectivity index (χ4n) is 1.59. The SMILES string of the molecule is CC(C)(C)NC(=O)C(=O)C1=CCCCC1. The van der Waals surface area contributed by atoms with Gasteiger partial charge in [-0.15, -0.1) is 0 Å². The zero-order chi connectivity index (χ0) is 11.5. The summed E-state index contributed by atoms with van der Waals surface area (Å²) in [4.78, 5) is 23.3. The van der Waals surface area contributed by atoms with Crippen molar-refractivity contribution >= 4 is 11.7 Å². The number of carbonyl (C=O) groups is 2. The Morgan fingerprint density at radius 3 is 2.40 bits per heavy atom. The minimum atomic E-state index is -0.476. The number of hydrogen-bond acceptors (Lipinski definition) is 2. The Labute approximate surface area is 90.9 Å². The fraction of sp³-hybridized carbons (Fsp3) is 0.667. The maximum absolute atomic E-state index is 11.7. The number of nitrogens with one attached hydrogen (secondary N) is 1.